The molecule has 0 amide bonds. The first-order valence-corrected chi connectivity index (χ1v) is 10.3. The smallest absolute Gasteiger partial charge is 0.0198 e. The Morgan fingerprint density at radius 2 is 1.50 bits per heavy atom. The van der Waals surface area contributed by atoms with E-state index in [4.69, 9.17) is 0 Å². The Kier molecular flexibility index (Phi) is 6.62. The summed E-state index contributed by atoms with van der Waals surface area (Å²) in [5.41, 5.74) is 0. The molecule has 2 atom stereocenters. The largest absolute Gasteiger partial charge is 0.312 e. The van der Waals surface area contributed by atoms with E-state index in [0.29, 0.717) is 0 Å². The molecule has 3 fully saturated rings. The van der Waals surface area contributed by atoms with E-state index in [1.807, 2.05) is 0 Å². The SMILES string of the molecule is CCC1CC(NCC2CCCCC2)CN(C2CCCCC2)C1. The van der Waals surface area contributed by atoms with Gasteiger partial charge in [-0.15, -0.1) is 0 Å². The van der Waals surface area contributed by atoms with Gasteiger partial charge in [-0.3, -0.25) is 4.90 Å². The molecule has 3 rings (SSSR count). The van der Waals surface area contributed by atoms with Crippen LogP contribution in [0.15, 0.2) is 0 Å². The molecule has 22 heavy (non-hydrogen) atoms. The Morgan fingerprint density at radius 1 is 0.818 bits per heavy atom. The number of hydrogen-bond donors (Lipinski definition) is 1. The van der Waals surface area contributed by atoms with Crippen molar-refractivity contribution in [1.82, 2.24) is 10.2 Å². The van der Waals surface area contributed by atoms with Crippen LogP contribution in [0.3, 0.4) is 0 Å². The van der Waals surface area contributed by atoms with Crippen molar-refractivity contribution < 1.29 is 0 Å². The molecule has 128 valence electrons. The molecule has 2 heteroatoms. The zero-order valence-electron chi connectivity index (χ0n) is 14.9. The molecule has 0 aromatic carbocycles. The maximum atomic E-state index is 3.98. The molecule has 0 spiro atoms. The predicted molar refractivity (Wildman–Crippen MR) is 95.2 cm³/mol. The molecule has 1 aliphatic heterocycles. The van der Waals surface area contributed by atoms with Gasteiger partial charge in [-0.05, 0) is 50.5 Å². The molecule has 2 aliphatic carbocycles. The lowest BCUT2D eigenvalue weighted by atomic mass is 9.86. The van der Waals surface area contributed by atoms with E-state index in [2.05, 4.69) is 17.1 Å². The van der Waals surface area contributed by atoms with Crippen LogP contribution in [0.4, 0.5) is 0 Å². The number of nitrogens with zero attached hydrogens (tertiary/aromatic N) is 1. The lowest BCUT2D eigenvalue weighted by Crippen LogP contribution is -2.53. The minimum absolute atomic E-state index is 0.766. The van der Waals surface area contributed by atoms with Crippen molar-refractivity contribution in [1.29, 1.82) is 0 Å². The molecule has 3 aliphatic rings. The van der Waals surface area contributed by atoms with Gasteiger partial charge < -0.3 is 5.32 Å². The summed E-state index contributed by atoms with van der Waals surface area (Å²) in [4.78, 5) is 2.87. The average Bonchev–Trinajstić information content (AvgIpc) is 2.61. The standard InChI is InChI=1S/C20H38N2/c1-2-17-13-19(21-14-18-9-5-3-6-10-18)16-22(15-17)20-11-7-4-8-12-20/h17-21H,2-16H2,1H3. The van der Waals surface area contributed by atoms with Gasteiger partial charge in [-0.25, -0.2) is 0 Å². The van der Waals surface area contributed by atoms with E-state index in [-0.39, 0.29) is 0 Å². The first-order chi connectivity index (χ1) is 10.8. The summed E-state index contributed by atoms with van der Waals surface area (Å²) in [5, 5.41) is 3.98. The minimum atomic E-state index is 0.766. The summed E-state index contributed by atoms with van der Waals surface area (Å²) in [6.07, 6.45) is 17.5. The Morgan fingerprint density at radius 3 is 2.18 bits per heavy atom. The third-order valence-electron chi connectivity index (χ3n) is 6.65. The van der Waals surface area contributed by atoms with Gasteiger partial charge in [0.2, 0.25) is 0 Å². The second kappa shape index (κ2) is 8.68. The fourth-order valence-corrected chi connectivity index (χ4v) is 5.15. The molecule has 1 saturated heterocycles. The van der Waals surface area contributed by atoms with Crippen LogP contribution in [0.5, 0.6) is 0 Å². The maximum Gasteiger partial charge on any atom is 0.0198 e. The fourth-order valence-electron chi connectivity index (χ4n) is 5.15. The van der Waals surface area contributed by atoms with Crippen LogP contribution in [0.1, 0.15) is 84.0 Å². The van der Waals surface area contributed by atoms with Crippen molar-refractivity contribution in [2.45, 2.75) is 96.1 Å². The van der Waals surface area contributed by atoms with Gasteiger partial charge in [0.1, 0.15) is 0 Å². The van der Waals surface area contributed by atoms with Gasteiger partial charge in [0.15, 0.2) is 0 Å². The number of rotatable bonds is 5. The van der Waals surface area contributed by atoms with Crippen LogP contribution in [0, 0.1) is 11.8 Å². The van der Waals surface area contributed by atoms with Gasteiger partial charge in [0.05, 0.1) is 0 Å². The summed E-state index contributed by atoms with van der Waals surface area (Å²) < 4.78 is 0. The second-order valence-electron chi connectivity index (χ2n) is 8.36. The highest BCUT2D eigenvalue weighted by molar-refractivity contribution is 4.88. The first-order valence-electron chi connectivity index (χ1n) is 10.3. The quantitative estimate of drug-likeness (QED) is 0.799. The first kappa shape index (κ1) is 16.8. The van der Waals surface area contributed by atoms with Crippen LogP contribution < -0.4 is 5.32 Å². The zero-order valence-corrected chi connectivity index (χ0v) is 14.9. The van der Waals surface area contributed by atoms with Gasteiger partial charge in [-0.2, -0.15) is 0 Å². The zero-order chi connectivity index (χ0) is 15.2. The summed E-state index contributed by atoms with van der Waals surface area (Å²) in [7, 11) is 0. The Labute approximate surface area is 138 Å². The molecule has 1 N–H and O–H groups in total. The summed E-state index contributed by atoms with van der Waals surface area (Å²) in [6, 6.07) is 1.67. The van der Waals surface area contributed by atoms with E-state index in [1.54, 1.807) is 0 Å². The second-order valence-corrected chi connectivity index (χ2v) is 8.36. The van der Waals surface area contributed by atoms with Gasteiger partial charge in [0.25, 0.3) is 0 Å². The number of likely N-dealkylation sites (tertiary alicyclic amines) is 1. The molecule has 2 saturated carbocycles. The van der Waals surface area contributed by atoms with E-state index in [9.17, 15) is 0 Å². The summed E-state index contributed by atoms with van der Waals surface area (Å²) in [6.45, 7) is 6.39. The maximum absolute atomic E-state index is 3.98. The highest BCUT2D eigenvalue weighted by Gasteiger charge is 2.31. The molecule has 0 radical (unpaired) electrons. The number of piperidine rings is 1. The normalized spacial score (nSPS) is 33.1. The van der Waals surface area contributed by atoms with Crippen LogP contribution in [-0.4, -0.2) is 36.6 Å². The third-order valence-corrected chi connectivity index (χ3v) is 6.65. The highest BCUT2D eigenvalue weighted by Crippen LogP contribution is 2.29. The minimum Gasteiger partial charge on any atom is -0.312 e. The van der Waals surface area contributed by atoms with Gasteiger partial charge in [0, 0.05) is 25.2 Å². The average molecular weight is 307 g/mol. The van der Waals surface area contributed by atoms with E-state index in [0.717, 1.165) is 23.9 Å². The molecule has 0 aromatic rings. The van der Waals surface area contributed by atoms with Crippen molar-refractivity contribution in [2.75, 3.05) is 19.6 Å². The van der Waals surface area contributed by atoms with Crippen LogP contribution >= 0.6 is 0 Å². The monoisotopic (exact) mass is 306 g/mol. The fraction of sp³-hybridized carbons (Fsp3) is 1.00. The van der Waals surface area contributed by atoms with Crippen molar-refractivity contribution in [3.8, 4) is 0 Å². The van der Waals surface area contributed by atoms with E-state index in [1.165, 1.54) is 96.7 Å². The summed E-state index contributed by atoms with van der Waals surface area (Å²) in [5.74, 6) is 1.90. The third kappa shape index (κ3) is 4.71. The highest BCUT2D eigenvalue weighted by atomic mass is 15.2. The molecule has 0 bridgehead atoms. The lowest BCUT2D eigenvalue weighted by Gasteiger charge is -2.44. The molecular formula is C20H38N2. The van der Waals surface area contributed by atoms with E-state index >= 15 is 0 Å². The van der Waals surface area contributed by atoms with Gasteiger partial charge in [-0.1, -0.05) is 51.9 Å². The van der Waals surface area contributed by atoms with Crippen LogP contribution in [0.25, 0.3) is 0 Å². The molecule has 2 unspecified atom stereocenters. The predicted octanol–water partition coefficient (Wildman–Crippen LogP) is 4.59. The molecule has 0 aromatic heterocycles. The Bertz CT molecular complexity index is 305. The lowest BCUT2D eigenvalue weighted by molar-refractivity contribution is 0.0744. The topological polar surface area (TPSA) is 15.3 Å². The van der Waals surface area contributed by atoms with Crippen molar-refractivity contribution in [3.05, 3.63) is 0 Å². The molecule has 2 nitrogen and oxygen atoms in total. The van der Waals surface area contributed by atoms with Crippen LogP contribution in [-0.2, 0) is 0 Å². The molecule has 1 heterocycles. The van der Waals surface area contributed by atoms with Crippen LogP contribution in [0.2, 0.25) is 0 Å². The van der Waals surface area contributed by atoms with Gasteiger partial charge >= 0.3 is 0 Å². The van der Waals surface area contributed by atoms with Crippen molar-refractivity contribution in [2.24, 2.45) is 11.8 Å². The number of nitrogens with one attached hydrogen (secondary N) is 1. The number of hydrogen-bond acceptors (Lipinski definition) is 2. The van der Waals surface area contributed by atoms with Crippen molar-refractivity contribution >= 4 is 0 Å². The van der Waals surface area contributed by atoms with E-state index < -0.39 is 0 Å². The Balaban J connectivity index is 1.49. The molecular weight excluding hydrogens is 268 g/mol. The van der Waals surface area contributed by atoms with Crippen molar-refractivity contribution in [3.63, 3.8) is 0 Å². The Hall–Kier alpha value is -0.0800. The summed E-state index contributed by atoms with van der Waals surface area (Å²) >= 11 is 0.